The van der Waals surface area contributed by atoms with Gasteiger partial charge in [0.15, 0.2) is 5.76 Å². The lowest BCUT2D eigenvalue weighted by molar-refractivity contribution is 0.0995. The Morgan fingerprint density at radius 2 is 1.36 bits per heavy atom. The molecular weight excluding hydrogens is 594 g/mol. The first kappa shape index (κ1) is 30.9. The van der Waals surface area contributed by atoms with Gasteiger partial charge in [0.25, 0.3) is 11.8 Å². The number of nitrogens with one attached hydrogen (secondary N) is 2. The Morgan fingerprint density at radius 3 is 1.98 bits per heavy atom. The van der Waals surface area contributed by atoms with Crippen molar-refractivity contribution in [3.05, 3.63) is 149 Å². The maximum atomic E-state index is 13.2. The zero-order valence-corrected chi connectivity index (χ0v) is 24.9. The Balaban J connectivity index is 0.000000178. The van der Waals surface area contributed by atoms with Gasteiger partial charge < -0.3 is 20.2 Å². The molecule has 0 saturated carbocycles. The Labute approximate surface area is 262 Å². The van der Waals surface area contributed by atoms with E-state index in [9.17, 15) is 23.5 Å². The van der Waals surface area contributed by atoms with Gasteiger partial charge in [0.2, 0.25) is 0 Å². The van der Waals surface area contributed by atoms with Gasteiger partial charge in [0, 0.05) is 21.8 Å². The number of halogens is 2. The minimum atomic E-state index is -0.475. The van der Waals surface area contributed by atoms with E-state index in [0.717, 1.165) is 16.9 Å². The number of carbonyl (C=O) groups excluding carboxylic acids is 2. The first-order valence-corrected chi connectivity index (χ1v) is 14.8. The van der Waals surface area contributed by atoms with Gasteiger partial charge in [-0.15, -0.1) is 11.3 Å². The number of anilines is 2. The van der Waals surface area contributed by atoms with Crippen LogP contribution in [0.5, 0.6) is 5.75 Å². The fourth-order valence-corrected chi connectivity index (χ4v) is 5.22. The van der Waals surface area contributed by atoms with E-state index in [-0.39, 0.29) is 23.2 Å². The molecule has 0 aliphatic heterocycles. The number of rotatable bonds is 7. The maximum Gasteiger partial charge on any atom is 0.291 e. The van der Waals surface area contributed by atoms with Gasteiger partial charge in [-0.05, 0) is 90.3 Å². The van der Waals surface area contributed by atoms with Crippen molar-refractivity contribution in [2.75, 3.05) is 10.6 Å². The molecule has 6 nitrogen and oxygen atoms in total. The molecule has 0 bridgehead atoms. The zero-order valence-electron chi connectivity index (χ0n) is 24.1. The van der Waals surface area contributed by atoms with E-state index in [0.29, 0.717) is 27.6 Å². The van der Waals surface area contributed by atoms with Gasteiger partial charge in [-0.2, -0.15) is 0 Å². The normalized spacial score (nSPS) is 10.5. The molecular formula is C36H28F2N2O4S. The summed E-state index contributed by atoms with van der Waals surface area (Å²) in [6.07, 6.45) is 1.01. The summed E-state index contributed by atoms with van der Waals surface area (Å²) >= 11 is 1.43. The standard InChI is InChI=1S/C19H16FNOS.C17H12FNO3/c1-2-13-6-8-14(9-7-13)17-10-11-18(23-17)19(22)21-16-5-3-4-15(20)12-16;18-12-4-2-5-13(10-12)19-17(21)16-8-7-15(22-16)11-3-1-6-14(20)9-11/h3-12H,2H2,1H3,(H,21,22);1-10,20H,(H,19,21). The predicted octanol–water partition coefficient (Wildman–Crippen LogP) is 9.41. The van der Waals surface area contributed by atoms with Crippen LogP contribution in [0, 0.1) is 11.6 Å². The summed E-state index contributed by atoms with van der Waals surface area (Å²) in [4.78, 5) is 25.9. The van der Waals surface area contributed by atoms with Crippen LogP contribution >= 0.6 is 11.3 Å². The molecule has 3 N–H and O–H groups in total. The number of hydrogen-bond acceptors (Lipinski definition) is 5. The van der Waals surface area contributed by atoms with E-state index < -0.39 is 11.7 Å². The molecule has 0 aliphatic rings. The van der Waals surface area contributed by atoms with Crippen LogP contribution in [0.3, 0.4) is 0 Å². The number of amides is 2. The summed E-state index contributed by atoms with van der Waals surface area (Å²) in [5.74, 6) is -0.833. The molecule has 4 aromatic carbocycles. The van der Waals surface area contributed by atoms with E-state index in [4.69, 9.17) is 4.42 Å². The number of carbonyl (C=O) groups is 2. The Bertz CT molecular complexity index is 1930. The third kappa shape index (κ3) is 8.31. The van der Waals surface area contributed by atoms with Crippen molar-refractivity contribution in [1.29, 1.82) is 0 Å². The Hall–Kier alpha value is -5.54. The van der Waals surface area contributed by atoms with Crippen LogP contribution in [0.25, 0.3) is 21.8 Å². The number of aryl methyl sites for hydroxylation is 1. The number of phenolic OH excluding ortho intramolecular Hbond substituents is 1. The van der Waals surface area contributed by atoms with Crippen molar-refractivity contribution in [3.63, 3.8) is 0 Å². The fraction of sp³-hybridized carbons (Fsp3) is 0.0556. The topological polar surface area (TPSA) is 91.6 Å². The highest BCUT2D eigenvalue weighted by molar-refractivity contribution is 7.17. The van der Waals surface area contributed by atoms with Gasteiger partial charge in [0.1, 0.15) is 23.1 Å². The van der Waals surface area contributed by atoms with E-state index in [1.807, 2.05) is 6.07 Å². The van der Waals surface area contributed by atoms with Crippen LogP contribution in [0.2, 0.25) is 0 Å². The molecule has 0 saturated heterocycles. The fourth-order valence-electron chi connectivity index (χ4n) is 4.31. The summed E-state index contributed by atoms with van der Waals surface area (Å²) in [5, 5.41) is 14.7. The molecule has 0 fully saturated rings. The molecule has 0 atom stereocenters. The summed E-state index contributed by atoms with van der Waals surface area (Å²) in [6.45, 7) is 2.12. The van der Waals surface area contributed by atoms with Crippen molar-refractivity contribution in [2.24, 2.45) is 0 Å². The average molecular weight is 623 g/mol. The largest absolute Gasteiger partial charge is 0.508 e. The van der Waals surface area contributed by atoms with E-state index in [2.05, 4.69) is 41.8 Å². The van der Waals surface area contributed by atoms with Gasteiger partial charge in [-0.25, -0.2) is 8.78 Å². The lowest BCUT2D eigenvalue weighted by Crippen LogP contribution is -2.10. The van der Waals surface area contributed by atoms with Crippen molar-refractivity contribution < 1.29 is 27.9 Å². The van der Waals surface area contributed by atoms with Crippen LogP contribution in [-0.2, 0) is 6.42 Å². The first-order chi connectivity index (χ1) is 21.8. The molecule has 2 aromatic heterocycles. The van der Waals surface area contributed by atoms with Gasteiger partial charge in [0.05, 0.1) is 4.88 Å². The van der Waals surface area contributed by atoms with Crippen LogP contribution < -0.4 is 10.6 Å². The molecule has 0 spiro atoms. The van der Waals surface area contributed by atoms with Crippen molar-refractivity contribution in [2.45, 2.75) is 13.3 Å². The Kier molecular flexibility index (Phi) is 9.81. The summed E-state index contributed by atoms with van der Waals surface area (Å²) < 4.78 is 31.7. The molecule has 2 amide bonds. The monoisotopic (exact) mass is 622 g/mol. The van der Waals surface area contributed by atoms with Crippen molar-refractivity contribution in [1.82, 2.24) is 0 Å². The Morgan fingerprint density at radius 1 is 0.711 bits per heavy atom. The predicted molar refractivity (Wildman–Crippen MR) is 174 cm³/mol. The summed E-state index contributed by atoms with van der Waals surface area (Å²) in [7, 11) is 0. The van der Waals surface area contributed by atoms with E-state index >= 15 is 0 Å². The molecule has 9 heteroatoms. The second kappa shape index (κ2) is 14.3. The van der Waals surface area contributed by atoms with E-state index in [1.165, 1.54) is 59.4 Å². The average Bonchev–Trinajstić information content (AvgIpc) is 3.73. The molecule has 0 radical (unpaired) electrons. The minimum Gasteiger partial charge on any atom is -0.508 e. The molecule has 6 rings (SSSR count). The first-order valence-electron chi connectivity index (χ1n) is 14.0. The highest BCUT2D eigenvalue weighted by atomic mass is 32.1. The highest BCUT2D eigenvalue weighted by Crippen LogP contribution is 2.29. The lowest BCUT2D eigenvalue weighted by atomic mass is 10.1. The number of benzene rings is 4. The molecule has 2 heterocycles. The molecule has 226 valence electrons. The molecule has 45 heavy (non-hydrogen) atoms. The van der Waals surface area contributed by atoms with Crippen molar-refractivity contribution >= 4 is 34.5 Å². The molecule has 6 aromatic rings. The lowest BCUT2D eigenvalue weighted by Gasteiger charge is -2.03. The molecule has 0 unspecified atom stereocenters. The highest BCUT2D eigenvalue weighted by Gasteiger charge is 2.14. The zero-order chi connectivity index (χ0) is 31.8. The van der Waals surface area contributed by atoms with Crippen LogP contribution in [-0.4, -0.2) is 16.9 Å². The van der Waals surface area contributed by atoms with Gasteiger partial charge >= 0.3 is 0 Å². The van der Waals surface area contributed by atoms with Gasteiger partial charge in [-0.3, -0.25) is 9.59 Å². The number of phenols is 1. The quantitative estimate of drug-likeness (QED) is 0.165. The third-order valence-corrected chi connectivity index (χ3v) is 7.74. The third-order valence-electron chi connectivity index (χ3n) is 6.60. The number of aromatic hydroxyl groups is 1. The number of furan rings is 1. The minimum absolute atomic E-state index is 0.0996. The second-order valence-electron chi connectivity index (χ2n) is 9.86. The molecule has 0 aliphatic carbocycles. The second-order valence-corrected chi connectivity index (χ2v) is 10.9. The van der Waals surface area contributed by atoms with Crippen LogP contribution in [0.15, 0.2) is 126 Å². The number of hydrogen-bond donors (Lipinski definition) is 3. The summed E-state index contributed by atoms with van der Waals surface area (Å²) in [5.41, 5.74) is 3.84. The SMILES string of the molecule is CCc1ccc(-c2ccc(C(=O)Nc3cccc(F)c3)s2)cc1.O=C(Nc1cccc(F)c1)c1ccc(-c2cccc(O)c2)o1. The number of thiophene rings is 1. The van der Waals surface area contributed by atoms with Crippen LogP contribution in [0.1, 0.15) is 32.7 Å². The van der Waals surface area contributed by atoms with E-state index in [1.54, 1.807) is 48.5 Å². The van der Waals surface area contributed by atoms with Gasteiger partial charge in [-0.1, -0.05) is 55.5 Å². The van der Waals surface area contributed by atoms with Crippen LogP contribution in [0.4, 0.5) is 20.2 Å². The van der Waals surface area contributed by atoms with Crippen molar-refractivity contribution in [3.8, 4) is 27.5 Å². The summed E-state index contributed by atoms with van der Waals surface area (Å²) in [6, 6.07) is 33.2. The smallest absolute Gasteiger partial charge is 0.291 e. The maximum absolute atomic E-state index is 13.2.